The quantitative estimate of drug-likeness (QED) is 0.911. The van der Waals surface area contributed by atoms with Crippen LogP contribution in [0.15, 0.2) is 30.3 Å². The Morgan fingerprint density at radius 1 is 1.43 bits per heavy atom. The van der Waals surface area contributed by atoms with E-state index < -0.39 is 11.9 Å². The van der Waals surface area contributed by atoms with E-state index in [0.717, 1.165) is 5.75 Å². The Kier molecular flexibility index (Phi) is 6.75. The zero-order chi connectivity index (χ0) is 15.7. The molecule has 1 aliphatic rings. The summed E-state index contributed by atoms with van der Waals surface area (Å²) in [6.45, 7) is 0.702. The minimum Gasteiger partial charge on any atom is -0.497 e. The summed E-state index contributed by atoms with van der Waals surface area (Å²) < 4.78 is 4.91. The summed E-state index contributed by atoms with van der Waals surface area (Å²) in [6.07, 6.45) is 0.332. The number of nitriles is 1. The third-order valence-corrected chi connectivity index (χ3v) is 3.10. The molecule has 0 radical (unpaired) electrons. The fraction of sp³-hybridized carbons (Fsp3) is 0.400. The van der Waals surface area contributed by atoms with Crippen LogP contribution in [0.25, 0.3) is 0 Å². The van der Waals surface area contributed by atoms with Crippen LogP contribution in [0.3, 0.4) is 0 Å². The number of benzene rings is 1. The van der Waals surface area contributed by atoms with Crippen LogP contribution in [0.2, 0.25) is 0 Å². The molecule has 6 heteroatoms. The SMILES string of the molecule is COc1ccccc1.N#CCC(=O)N1CCC(C(=O)O)C1. The molecule has 112 valence electrons. The van der Waals surface area contributed by atoms with Crippen molar-refractivity contribution in [2.24, 2.45) is 5.92 Å². The molecule has 2 rings (SSSR count). The van der Waals surface area contributed by atoms with E-state index in [9.17, 15) is 9.59 Å². The number of aliphatic carboxylic acids is 1. The Hall–Kier alpha value is -2.55. The van der Waals surface area contributed by atoms with Crippen molar-refractivity contribution in [3.05, 3.63) is 30.3 Å². The summed E-state index contributed by atoms with van der Waals surface area (Å²) >= 11 is 0. The van der Waals surface area contributed by atoms with Gasteiger partial charge in [0.15, 0.2) is 0 Å². The summed E-state index contributed by atoms with van der Waals surface area (Å²) in [5, 5.41) is 16.9. The van der Waals surface area contributed by atoms with Crippen molar-refractivity contribution in [1.29, 1.82) is 5.26 Å². The second-order valence-corrected chi connectivity index (χ2v) is 4.52. The van der Waals surface area contributed by atoms with Crippen molar-refractivity contribution in [2.45, 2.75) is 12.8 Å². The van der Waals surface area contributed by atoms with Gasteiger partial charge in [-0.25, -0.2) is 0 Å². The fourth-order valence-corrected chi connectivity index (χ4v) is 1.92. The average Bonchev–Trinajstić information content (AvgIpc) is 2.99. The summed E-state index contributed by atoms with van der Waals surface area (Å²) in [5.41, 5.74) is 0. The van der Waals surface area contributed by atoms with E-state index in [2.05, 4.69) is 0 Å². The number of carbonyl (C=O) groups is 2. The number of carboxylic acid groups (broad SMARTS) is 1. The smallest absolute Gasteiger partial charge is 0.308 e. The normalized spacial score (nSPS) is 16.4. The lowest BCUT2D eigenvalue weighted by Gasteiger charge is -2.12. The first-order chi connectivity index (χ1) is 10.1. The maximum absolute atomic E-state index is 11.1. The van der Waals surface area contributed by atoms with Gasteiger partial charge in [0.05, 0.1) is 19.1 Å². The summed E-state index contributed by atoms with van der Waals surface area (Å²) in [4.78, 5) is 23.1. The van der Waals surface area contributed by atoms with Gasteiger partial charge in [0.2, 0.25) is 5.91 Å². The molecule has 1 fully saturated rings. The first kappa shape index (κ1) is 16.5. The molecule has 0 aliphatic carbocycles. The van der Waals surface area contributed by atoms with E-state index in [0.29, 0.717) is 13.0 Å². The van der Waals surface area contributed by atoms with Crippen LogP contribution in [-0.2, 0) is 9.59 Å². The standard InChI is InChI=1S/C8H10N2O3.C7H8O/c9-3-1-7(11)10-4-2-6(5-10)8(12)13;1-8-7-5-3-2-4-6-7/h6H,1-2,4-5H2,(H,12,13);2-6H,1H3. The molecule has 1 aromatic carbocycles. The molecular weight excluding hydrogens is 272 g/mol. The molecule has 1 amide bonds. The van der Waals surface area contributed by atoms with Gasteiger partial charge in [-0.3, -0.25) is 9.59 Å². The molecule has 1 saturated heterocycles. The van der Waals surface area contributed by atoms with E-state index in [-0.39, 0.29) is 18.9 Å². The minimum atomic E-state index is -0.868. The van der Waals surface area contributed by atoms with Gasteiger partial charge in [-0.2, -0.15) is 5.26 Å². The van der Waals surface area contributed by atoms with Crippen LogP contribution in [0.5, 0.6) is 5.75 Å². The van der Waals surface area contributed by atoms with Crippen LogP contribution < -0.4 is 4.74 Å². The number of nitrogens with zero attached hydrogens (tertiary/aromatic N) is 2. The van der Waals surface area contributed by atoms with E-state index in [1.54, 1.807) is 13.2 Å². The third kappa shape index (κ3) is 5.53. The lowest BCUT2D eigenvalue weighted by atomic mass is 10.1. The molecule has 1 aromatic rings. The lowest BCUT2D eigenvalue weighted by molar-refractivity contribution is -0.141. The molecule has 1 N–H and O–H groups in total. The average molecular weight is 290 g/mol. The number of para-hydroxylation sites is 1. The number of likely N-dealkylation sites (tertiary alicyclic amines) is 1. The second kappa shape index (κ2) is 8.59. The van der Waals surface area contributed by atoms with Crippen molar-refractivity contribution in [2.75, 3.05) is 20.2 Å². The van der Waals surface area contributed by atoms with Gasteiger partial charge < -0.3 is 14.7 Å². The maximum Gasteiger partial charge on any atom is 0.308 e. The molecule has 1 aliphatic heterocycles. The molecule has 0 bridgehead atoms. The first-order valence-electron chi connectivity index (χ1n) is 6.55. The topological polar surface area (TPSA) is 90.6 Å². The lowest BCUT2D eigenvalue weighted by Crippen LogP contribution is -2.29. The number of hydrogen-bond donors (Lipinski definition) is 1. The van der Waals surface area contributed by atoms with Gasteiger partial charge in [-0.05, 0) is 18.6 Å². The number of ether oxygens (including phenoxy) is 1. The van der Waals surface area contributed by atoms with Crippen LogP contribution in [-0.4, -0.2) is 42.1 Å². The predicted octanol–water partition coefficient (Wildman–Crippen LogP) is 1.53. The highest BCUT2D eigenvalue weighted by Crippen LogP contribution is 2.16. The molecule has 6 nitrogen and oxygen atoms in total. The van der Waals surface area contributed by atoms with E-state index in [1.807, 2.05) is 30.3 Å². The molecule has 1 heterocycles. The summed E-state index contributed by atoms with van der Waals surface area (Å²) in [5.74, 6) is -0.686. The molecule has 0 spiro atoms. The Labute approximate surface area is 123 Å². The highest BCUT2D eigenvalue weighted by Gasteiger charge is 2.30. The second-order valence-electron chi connectivity index (χ2n) is 4.52. The first-order valence-corrected chi connectivity index (χ1v) is 6.55. The van der Waals surface area contributed by atoms with Gasteiger partial charge in [0.25, 0.3) is 0 Å². The number of hydrogen-bond acceptors (Lipinski definition) is 4. The Morgan fingerprint density at radius 2 is 2.10 bits per heavy atom. The van der Waals surface area contributed by atoms with Gasteiger partial charge in [0.1, 0.15) is 12.2 Å². The summed E-state index contributed by atoms with van der Waals surface area (Å²) in [7, 11) is 1.66. The monoisotopic (exact) mass is 290 g/mol. The molecule has 1 unspecified atom stereocenters. The van der Waals surface area contributed by atoms with Crippen molar-refractivity contribution in [1.82, 2.24) is 4.90 Å². The molecule has 21 heavy (non-hydrogen) atoms. The van der Waals surface area contributed by atoms with Gasteiger partial charge in [0, 0.05) is 13.1 Å². The van der Waals surface area contributed by atoms with Crippen LogP contribution >= 0.6 is 0 Å². The highest BCUT2D eigenvalue weighted by molar-refractivity contribution is 5.80. The van der Waals surface area contributed by atoms with E-state index in [1.165, 1.54) is 4.90 Å². The number of rotatable bonds is 3. The Bertz CT molecular complexity index is 510. The zero-order valence-corrected chi connectivity index (χ0v) is 11.9. The van der Waals surface area contributed by atoms with E-state index in [4.69, 9.17) is 15.1 Å². The zero-order valence-electron chi connectivity index (χ0n) is 11.9. The molecule has 0 saturated carbocycles. The van der Waals surface area contributed by atoms with Crippen LogP contribution in [0.4, 0.5) is 0 Å². The van der Waals surface area contributed by atoms with Gasteiger partial charge >= 0.3 is 5.97 Å². The summed E-state index contributed by atoms with van der Waals surface area (Å²) in [6, 6.07) is 11.4. The molecular formula is C15H18N2O4. The fourth-order valence-electron chi connectivity index (χ4n) is 1.92. The maximum atomic E-state index is 11.1. The predicted molar refractivity (Wildman–Crippen MR) is 75.5 cm³/mol. The highest BCUT2D eigenvalue weighted by atomic mass is 16.5. The van der Waals surface area contributed by atoms with Crippen LogP contribution in [0, 0.1) is 17.2 Å². The molecule has 1 atom stereocenters. The number of carboxylic acids is 1. The third-order valence-electron chi connectivity index (χ3n) is 3.10. The van der Waals surface area contributed by atoms with Crippen molar-refractivity contribution < 1.29 is 19.4 Å². The van der Waals surface area contributed by atoms with Gasteiger partial charge in [-0.1, -0.05) is 18.2 Å². The number of carbonyl (C=O) groups excluding carboxylic acids is 1. The van der Waals surface area contributed by atoms with Crippen molar-refractivity contribution in [3.8, 4) is 11.8 Å². The largest absolute Gasteiger partial charge is 0.497 e. The number of methoxy groups -OCH3 is 1. The van der Waals surface area contributed by atoms with E-state index >= 15 is 0 Å². The van der Waals surface area contributed by atoms with Gasteiger partial charge in [-0.15, -0.1) is 0 Å². The van der Waals surface area contributed by atoms with Crippen molar-refractivity contribution >= 4 is 11.9 Å². The van der Waals surface area contributed by atoms with Crippen molar-refractivity contribution in [3.63, 3.8) is 0 Å². The Morgan fingerprint density at radius 3 is 2.52 bits per heavy atom. The number of amides is 1. The van der Waals surface area contributed by atoms with Crippen LogP contribution in [0.1, 0.15) is 12.8 Å². The molecule has 0 aromatic heterocycles. The Balaban J connectivity index is 0.000000235. The minimum absolute atomic E-state index is 0.160.